The van der Waals surface area contributed by atoms with E-state index in [4.69, 9.17) is 4.74 Å². The standard InChI is InChI=1S/C27H27NO4/c1-16-12-17(2)23(18(3)13-16)14-25(26(29)30)28-27(31)32-15-24-21-10-6-4-8-19(21)20-9-5-7-11-22(20)24/h4-13,24-25H,14-15H2,1-3H3,(H,28,31)(H,29,30). The Morgan fingerprint density at radius 1 is 0.938 bits per heavy atom. The molecule has 4 rings (SSSR count). The van der Waals surface area contributed by atoms with Crippen molar-refractivity contribution in [3.63, 3.8) is 0 Å². The Labute approximate surface area is 188 Å². The first-order valence-electron chi connectivity index (χ1n) is 10.8. The summed E-state index contributed by atoms with van der Waals surface area (Å²) in [6, 6.07) is 19.2. The van der Waals surface area contributed by atoms with Crippen LogP contribution in [0.5, 0.6) is 0 Å². The molecule has 164 valence electrons. The average molecular weight is 430 g/mol. The summed E-state index contributed by atoms with van der Waals surface area (Å²) >= 11 is 0. The summed E-state index contributed by atoms with van der Waals surface area (Å²) in [5.74, 6) is -1.16. The molecule has 2 N–H and O–H groups in total. The number of alkyl carbamates (subject to hydrolysis) is 1. The Morgan fingerprint density at radius 3 is 2.00 bits per heavy atom. The third-order valence-electron chi connectivity index (χ3n) is 6.18. The summed E-state index contributed by atoms with van der Waals surface area (Å²) in [6.07, 6.45) is -0.515. The highest BCUT2D eigenvalue weighted by molar-refractivity contribution is 5.81. The van der Waals surface area contributed by atoms with Gasteiger partial charge in [-0.15, -0.1) is 0 Å². The van der Waals surface area contributed by atoms with E-state index in [1.807, 2.05) is 69.3 Å². The topological polar surface area (TPSA) is 75.6 Å². The fourth-order valence-electron chi connectivity index (χ4n) is 4.72. The van der Waals surface area contributed by atoms with Gasteiger partial charge in [0.15, 0.2) is 0 Å². The largest absolute Gasteiger partial charge is 0.480 e. The van der Waals surface area contributed by atoms with Crippen LogP contribution in [0.4, 0.5) is 4.79 Å². The molecule has 1 unspecified atom stereocenters. The molecule has 0 heterocycles. The summed E-state index contributed by atoms with van der Waals surface area (Å²) < 4.78 is 5.52. The molecule has 1 amide bonds. The quantitative estimate of drug-likeness (QED) is 0.568. The normalized spacial score (nSPS) is 13.2. The molecular formula is C27H27NO4. The van der Waals surface area contributed by atoms with E-state index in [9.17, 15) is 14.7 Å². The number of carbonyl (C=O) groups is 2. The van der Waals surface area contributed by atoms with Crippen LogP contribution in [0.1, 0.15) is 39.3 Å². The van der Waals surface area contributed by atoms with Gasteiger partial charge < -0.3 is 15.2 Å². The molecule has 0 aromatic heterocycles. The van der Waals surface area contributed by atoms with Crippen LogP contribution in [0, 0.1) is 20.8 Å². The molecule has 0 saturated carbocycles. The van der Waals surface area contributed by atoms with Crippen LogP contribution >= 0.6 is 0 Å². The lowest BCUT2D eigenvalue weighted by molar-refractivity contribution is -0.139. The molecule has 3 aromatic carbocycles. The number of ether oxygens (including phenoxy) is 1. The predicted molar refractivity (Wildman–Crippen MR) is 124 cm³/mol. The summed E-state index contributed by atoms with van der Waals surface area (Å²) in [5.41, 5.74) is 8.61. The number of nitrogens with one attached hydrogen (secondary N) is 1. The van der Waals surface area contributed by atoms with E-state index in [2.05, 4.69) is 17.4 Å². The van der Waals surface area contributed by atoms with Crippen molar-refractivity contribution in [2.45, 2.75) is 39.2 Å². The lowest BCUT2D eigenvalue weighted by Crippen LogP contribution is -2.43. The molecule has 5 nitrogen and oxygen atoms in total. The zero-order chi connectivity index (χ0) is 22.8. The van der Waals surface area contributed by atoms with E-state index < -0.39 is 18.1 Å². The van der Waals surface area contributed by atoms with Crippen molar-refractivity contribution in [2.75, 3.05) is 6.61 Å². The number of aryl methyl sites for hydroxylation is 3. The minimum Gasteiger partial charge on any atom is -0.480 e. The highest BCUT2D eigenvalue weighted by Crippen LogP contribution is 2.44. The van der Waals surface area contributed by atoms with Crippen LogP contribution in [-0.4, -0.2) is 29.8 Å². The van der Waals surface area contributed by atoms with Gasteiger partial charge in [0.1, 0.15) is 12.6 Å². The number of hydrogen-bond donors (Lipinski definition) is 2. The highest BCUT2D eigenvalue weighted by Gasteiger charge is 2.30. The SMILES string of the molecule is Cc1cc(C)c(CC(NC(=O)OCC2c3ccccc3-c3ccccc32)C(=O)O)c(C)c1. The summed E-state index contributed by atoms with van der Waals surface area (Å²) in [7, 11) is 0. The van der Waals surface area contributed by atoms with Crippen molar-refractivity contribution in [1.29, 1.82) is 0 Å². The van der Waals surface area contributed by atoms with E-state index in [-0.39, 0.29) is 18.9 Å². The molecular weight excluding hydrogens is 402 g/mol. The molecule has 1 aliphatic rings. The molecule has 1 atom stereocenters. The van der Waals surface area contributed by atoms with E-state index >= 15 is 0 Å². The van der Waals surface area contributed by atoms with Gasteiger partial charge in [0.2, 0.25) is 0 Å². The number of benzene rings is 3. The lowest BCUT2D eigenvalue weighted by Gasteiger charge is -2.19. The van der Waals surface area contributed by atoms with Gasteiger partial charge in [-0.25, -0.2) is 9.59 Å². The van der Waals surface area contributed by atoms with Crippen LogP contribution in [0.25, 0.3) is 11.1 Å². The first-order chi connectivity index (χ1) is 15.3. The van der Waals surface area contributed by atoms with Crippen LogP contribution < -0.4 is 5.32 Å². The monoisotopic (exact) mass is 429 g/mol. The molecule has 0 radical (unpaired) electrons. The number of fused-ring (bicyclic) bond motifs is 3. The van der Waals surface area contributed by atoms with E-state index in [0.717, 1.165) is 44.5 Å². The van der Waals surface area contributed by atoms with Gasteiger partial charge in [0, 0.05) is 12.3 Å². The second-order valence-corrected chi connectivity index (χ2v) is 8.44. The molecule has 0 saturated heterocycles. The van der Waals surface area contributed by atoms with Crippen LogP contribution in [0.3, 0.4) is 0 Å². The van der Waals surface area contributed by atoms with E-state index in [1.54, 1.807) is 0 Å². The van der Waals surface area contributed by atoms with Crippen LogP contribution in [-0.2, 0) is 16.0 Å². The summed E-state index contributed by atoms with van der Waals surface area (Å²) in [6.45, 7) is 6.07. The molecule has 1 aliphatic carbocycles. The van der Waals surface area contributed by atoms with Crippen molar-refractivity contribution in [3.8, 4) is 11.1 Å². The summed E-state index contributed by atoms with van der Waals surface area (Å²) in [5, 5.41) is 12.2. The minimum absolute atomic E-state index is 0.0713. The minimum atomic E-state index is -1.09. The Bertz CT molecular complexity index is 1120. The van der Waals surface area contributed by atoms with E-state index in [1.165, 1.54) is 0 Å². The smallest absolute Gasteiger partial charge is 0.407 e. The number of hydrogen-bond acceptors (Lipinski definition) is 3. The average Bonchev–Trinajstić information content (AvgIpc) is 3.07. The molecule has 5 heteroatoms. The van der Waals surface area contributed by atoms with Gasteiger partial charge >= 0.3 is 12.1 Å². The van der Waals surface area contributed by atoms with Gasteiger partial charge in [-0.3, -0.25) is 0 Å². The number of carboxylic acid groups (broad SMARTS) is 1. The van der Waals surface area contributed by atoms with Gasteiger partial charge in [0.25, 0.3) is 0 Å². The second kappa shape index (κ2) is 8.87. The number of rotatable bonds is 6. The van der Waals surface area contributed by atoms with Crippen molar-refractivity contribution in [1.82, 2.24) is 5.32 Å². The van der Waals surface area contributed by atoms with Crippen molar-refractivity contribution in [2.24, 2.45) is 0 Å². The molecule has 0 bridgehead atoms. The van der Waals surface area contributed by atoms with Gasteiger partial charge in [0.05, 0.1) is 0 Å². The predicted octanol–water partition coefficient (Wildman–Crippen LogP) is 5.15. The van der Waals surface area contributed by atoms with Crippen LogP contribution in [0.15, 0.2) is 60.7 Å². The fraction of sp³-hybridized carbons (Fsp3) is 0.259. The fourth-order valence-corrected chi connectivity index (χ4v) is 4.72. The molecule has 32 heavy (non-hydrogen) atoms. The van der Waals surface area contributed by atoms with Crippen molar-refractivity contribution < 1.29 is 19.4 Å². The Balaban J connectivity index is 1.46. The number of amides is 1. The number of aliphatic carboxylic acids is 1. The maximum atomic E-state index is 12.6. The first kappa shape index (κ1) is 21.6. The van der Waals surface area contributed by atoms with Crippen molar-refractivity contribution >= 4 is 12.1 Å². The zero-order valence-electron chi connectivity index (χ0n) is 18.5. The van der Waals surface area contributed by atoms with Gasteiger partial charge in [-0.05, 0) is 59.7 Å². The van der Waals surface area contributed by atoms with Gasteiger partial charge in [-0.1, -0.05) is 66.2 Å². The number of carbonyl (C=O) groups excluding carboxylic acids is 1. The molecule has 3 aromatic rings. The maximum absolute atomic E-state index is 12.6. The highest BCUT2D eigenvalue weighted by atomic mass is 16.5. The third kappa shape index (κ3) is 4.24. The van der Waals surface area contributed by atoms with Crippen LogP contribution in [0.2, 0.25) is 0 Å². The first-order valence-corrected chi connectivity index (χ1v) is 10.8. The van der Waals surface area contributed by atoms with Gasteiger partial charge in [-0.2, -0.15) is 0 Å². The number of carboxylic acids is 1. The third-order valence-corrected chi connectivity index (χ3v) is 6.18. The second-order valence-electron chi connectivity index (χ2n) is 8.44. The van der Waals surface area contributed by atoms with Crippen molar-refractivity contribution in [3.05, 3.63) is 94.0 Å². The van der Waals surface area contributed by atoms with E-state index in [0.29, 0.717) is 0 Å². The Morgan fingerprint density at radius 2 is 1.47 bits per heavy atom. The summed E-state index contributed by atoms with van der Waals surface area (Å²) in [4.78, 5) is 24.4. The zero-order valence-corrected chi connectivity index (χ0v) is 18.5. The molecule has 0 spiro atoms. The lowest BCUT2D eigenvalue weighted by atomic mass is 9.94. The molecule has 0 aliphatic heterocycles. The maximum Gasteiger partial charge on any atom is 0.407 e. The Hall–Kier alpha value is -3.60. The Kier molecular flexibility index (Phi) is 5.99. The molecule has 0 fully saturated rings.